The van der Waals surface area contributed by atoms with Crippen molar-refractivity contribution in [1.82, 2.24) is 0 Å². The molecule has 1 aromatic carbocycles. The molecule has 17 heavy (non-hydrogen) atoms. The van der Waals surface area contributed by atoms with Gasteiger partial charge in [-0.2, -0.15) is 0 Å². The topological polar surface area (TPSA) is 24.4 Å². The number of nitrogens with zero attached hydrogens (tertiary/aromatic N) is 1. The Hall–Kier alpha value is -0.480. The predicted octanol–water partition coefficient (Wildman–Crippen LogP) is 4.44. The van der Waals surface area contributed by atoms with Gasteiger partial charge in [0, 0.05) is 9.72 Å². The number of rotatable bonds is 3. The molecule has 0 spiro atoms. The van der Waals surface area contributed by atoms with Crippen LogP contribution in [0.1, 0.15) is 25.3 Å². The summed E-state index contributed by atoms with van der Waals surface area (Å²) in [5, 5.41) is 5.11. The number of aliphatic imine (C=N–C) groups is 1. The second-order valence-corrected chi connectivity index (χ2v) is 6.43. The molecule has 0 aliphatic carbocycles. The third kappa shape index (κ3) is 3.49. The number of thioether (sulfide) groups is 1. The van der Waals surface area contributed by atoms with Crippen LogP contribution in [0, 0.1) is 6.92 Å². The number of anilines is 1. The van der Waals surface area contributed by atoms with E-state index in [-0.39, 0.29) is 0 Å². The van der Waals surface area contributed by atoms with Crippen LogP contribution in [0.2, 0.25) is 0 Å². The van der Waals surface area contributed by atoms with Gasteiger partial charge in [0.1, 0.15) is 0 Å². The molecule has 0 radical (unpaired) electrons. The van der Waals surface area contributed by atoms with Crippen molar-refractivity contribution in [1.29, 1.82) is 0 Å². The van der Waals surface area contributed by atoms with E-state index in [0.29, 0.717) is 5.25 Å². The number of nitrogens with one attached hydrogen (secondary N) is 1. The minimum absolute atomic E-state index is 0.658. The first kappa shape index (κ1) is 13.0. The summed E-state index contributed by atoms with van der Waals surface area (Å²) in [5.74, 6) is 0. The van der Waals surface area contributed by atoms with Crippen molar-refractivity contribution in [2.45, 2.75) is 31.9 Å². The molecular weight excluding hydrogens is 296 g/mol. The first-order chi connectivity index (χ1) is 8.19. The Morgan fingerprint density at radius 3 is 3.12 bits per heavy atom. The molecule has 0 saturated heterocycles. The number of benzene rings is 1. The lowest BCUT2D eigenvalue weighted by molar-refractivity contribution is 0.754. The zero-order valence-corrected chi connectivity index (χ0v) is 12.6. The van der Waals surface area contributed by atoms with Gasteiger partial charge in [0.05, 0.1) is 12.2 Å². The van der Waals surface area contributed by atoms with Crippen LogP contribution >= 0.6 is 27.7 Å². The van der Waals surface area contributed by atoms with E-state index in [1.54, 1.807) is 0 Å². The molecular formula is C13H17BrN2S. The SMILES string of the molecule is CCCC1CN=C(Nc2cc(C)ccc2Br)S1. The fourth-order valence-corrected chi connectivity index (χ4v) is 3.29. The van der Waals surface area contributed by atoms with Crippen LogP contribution in [-0.2, 0) is 0 Å². The van der Waals surface area contributed by atoms with Gasteiger partial charge in [0.25, 0.3) is 0 Å². The highest BCUT2D eigenvalue weighted by molar-refractivity contribution is 9.10. The van der Waals surface area contributed by atoms with Gasteiger partial charge in [-0.1, -0.05) is 31.2 Å². The number of amidine groups is 1. The van der Waals surface area contributed by atoms with E-state index < -0.39 is 0 Å². The predicted molar refractivity (Wildman–Crippen MR) is 81.1 cm³/mol. The lowest BCUT2D eigenvalue weighted by Gasteiger charge is -2.10. The largest absolute Gasteiger partial charge is 0.334 e. The molecule has 0 aromatic heterocycles. The first-order valence-electron chi connectivity index (χ1n) is 5.93. The molecule has 0 saturated carbocycles. The Morgan fingerprint density at radius 1 is 1.53 bits per heavy atom. The summed E-state index contributed by atoms with van der Waals surface area (Å²) < 4.78 is 1.09. The zero-order chi connectivity index (χ0) is 12.3. The van der Waals surface area contributed by atoms with Crippen LogP contribution in [0.5, 0.6) is 0 Å². The molecule has 1 heterocycles. The third-order valence-corrected chi connectivity index (χ3v) is 4.55. The van der Waals surface area contributed by atoms with Crippen molar-refractivity contribution in [3.63, 3.8) is 0 Å². The van der Waals surface area contributed by atoms with Crippen molar-refractivity contribution < 1.29 is 0 Å². The summed E-state index contributed by atoms with van der Waals surface area (Å²) in [5.41, 5.74) is 2.36. The van der Waals surface area contributed by atoms with Crippen LogP contribution in [0.4, 0.5) is 5.69 Å². The lowest BCUT2D eigenvalue weighted by Crippen LogP contribution is -2.08. The number of hydrogen-bond acceptors (Lipinski definition) is 3. The van der Waals surface area contributed by atoms with Gasteiger partial charge in [0.15, 0.2) is 5.17 Å². The normalized spacial score (nSPS) is 19.2. The second kappa shape index (κ2) is 5.91. The number of halogens is 1. The van der Waals surface area contributed by atoms with Crippen LogP contribution in [0.15, 0.2) is 27.7 Å². The minimum atomic E-state index is 0.658. The maximum atomic E-state index is 4.55. The van der Waals surface area contributed by atoms with Gasteiger partial charge in [-0.3, -0.25) is 4.99 Å². The fourth-order valence-electron chi connectivity index (χ4n) is 1.81. The summed E-state index contributed by atoms with van der Waals surface area (Å²) in [6.45, 7) is 5.27. The maximum Gasteiger partial charge on any atom is 0.161 e. The van der Waals surface area contributed by atoms with E-state index in [9.17, 15) is 0 Å². The van der Waals surface area contributed by atoms with Crippen molar-refractivity contribution in [3.8, 4) is 0 Å². The van der Waals surface area contributed by atoms with Gasteiger partial charge >= 0.3 is 0 Å². The van der Waals surface area contributed by atoms with Crippen LogP contribution in [0.3, 0.4) is 0 Å². The molecule has 0 fully saturated rings. The quantitative estimate of drug-likeness (QED) is 0.892. The highest BCUT2D eigenvalue weighted by Crippen LogP contribution is 2.29. The molecule has 1 aliphatic heterocycles. The maximum absolute atomic E-state index is 4.55. The smallest absolute Gasteiger partial charge is 0.161 e. The van der Waals surface area contributed by atoms with Crippen LogP contribution in [0.25, 0.3) is 0 Å². The Morgan fingerprint density at radius 2 is 2.35 bits per heavy atom. The lowest BCUT2D eigenvalue weighted by atomic mass is 10.2. The molecule has 1 atom stereocenters. The summed E-state index contributed by atoms with van der Waals surface area (Å²) in [6, 6.07) is 6.31. The Balaban J connectivity index is 2.00. The monoisotopic (exact) mass is 312 g/mol. The molecule has 92 valence electrons. The molecule has 1 aliphatic rings. The Bertz CT molecular complexity index is 431. The average Bonchev–Trinajstić information content (AvgIpc) is 2.72. The molecule has 0 bridgehead atoms. The van der Waals surface area contributed by atoms with Gasteiger partial charge in [-0.05, 0) is 47.0 Å². The van der Waals surface area contributed by atoms with Crippen molar-refractivity contribution in [2.75, 3.05) is 11.9 Å². The van der Waals surface area contributed by atoms with E-state index in [0.717, 1.165) is 21.9 Å². The summed E-state index contributed by atoms with van der Waals surface area (Å²) >= 11 is 5.42. The van der Waals surface area contributed by atoms with Gasteiger partial charge in [0.2, 0.25) is 0 Å². The molecule has 1 unspecified atom stereocenters. The summed E-state index contributed by atoms with van der Waals surface area (Å²) in [4.78, 5) is 4.55. The second-order valence-electron chi connectivity index (χ2n) is 4.28. The Kier molecular flexibility index (Phi) is 4.51. The number of hydrogen-bond donors (Lipinski definition) is 1. The molecule has 1 N–H and O–H groups in total. The Labute approximate surface area is 115 Å². The van der Waals surface area contributed by atoms with Crippen molar-refractivity contribution >= 4 is 38.5 Å². The zero-order valence-electron chi connectivity index (χ0n) is 10.2. The van der Waals surface area contributed by atoms with E-state index in [2.05, 4.69) is 58.3 Å². The van der Waals surface area contributed by atoms with Crippen molar-refractivity contribution in [2.24, 2.45) is 4.99 Å². The highest BCUT2D eigenvalue weighted by atomic mass is 79.9. The molecule has 1 aromatic rings. The van der Waals surface area contributed by atoms with E-state index in [1.807, 2.05) is 11.8 Å². The minimum Gasteiger partial charge on any atom is -0.334 e. The number of aryl methyl sites for hydroxylation is 1. The fraction of sp³-hybridized carbons (Fsp3) is 0.462. The average molecular weight is 313 g/mol. The van der Waals surface area contributed by atoms with E-state index in [4.69, 9.17) is 0 Å². The van der Waals surface area contributed by atoms with E-state index in [1.165, 1.54) is 18.4 Å². The van der Waals surface area contributed by atoms with E-state index >= 15 is 0 Å². The summed E-state index contributed by atoms with van der Waals surface area (Å²) in [6.07, 6.45) is 2.48. The molecule has 4 heteroatoms. The van der Waals surface area contributed by atoms with Gasteiger partial charge in [-0.15, -0.1) is 0 Å². The molecule has 0 amide bonds. The van der Waals surface area contributed by atoms with Gasteiger partial charge in [-0.25, -0.2) is 0 Å². The summed E-state index contributed by atoms with van der Waals surface area (Å²) in [7, 11) is 0. The van der Waals surface area contributed by atoms with Gasteiger partial charge < -0.3 is 5.32 Å². The molecule has 2 nitrogen and oxygen atoms in total. The highest BCUT2D eigenvalue weighted by Gasteiger charge is 2.19. The molecule has 2 rings (SSSR count). The van der Waals surface area contributed by atoms with Crippen LogP contribution < -0.4 is 5.32 Å². The van der Waals surface area contributed by atoms with Crippen molar-refractivity contribution in [3.05, 3.63) is 28.2 Å². The first-order valence-corrected chi connectivity index (χ1v) is 7.60. The van der Waals surface area contributed by atoms with Crippen LogP contribution in [-0.4, -0.2) is 17.0 Å². The third-order valence-electron chi connectivity index (χ3n) is 2.69. The standard InChI is InChI=1S/C13H17BrN2S/c1-3-4-10-8-15-13(17-10)16-12-7-9(2)5-6-11(12)14/h5-7,10H,3-4,8H2,1-2H3,(H,15,16).